The van der Waals surface area contributed by atoms with Crippen LogP contribution in [0.3, 0.4) is 0 Å². The average molecular weight is 772 g/mol. The van der Waals surface area contributed by atoms with Crippen molar-refractivity contribution in [3.05, 3.63) is 113 Å². The number of methoxy groups -OCH3 is 1. The molecular weight excluding hydrogens is 749 g/mol. The van der Waals surface area contributed by atoms with E-state index >= 15 is 0 Å². The van der Waals surface area contributed by atoms with Crippen LogP contribution in [-0.4, -0.2) is 29.6 Å². The lowest BCUT2D eigenvalue weighted by molar-refractivity contribution is 0.267. The number of hydrogen-bond acceptors (Lipinski definition) is 7. The van der Waals surface area contributed by atoms with Crippen LogP contribution in [0.15, 0.2) is 96.1 Å². The van der Waals surface area contributed by atoms with Gasteiger partial charge in [0.2, 0.25) is 5.82 Å². The van der Waals surface area contributed by atoms with Gasteiger partial charge in [0.15, 0.2) is 17.3 Å². The Hall–Kier alpha value is -3.83. The van der Waals surface area contributed by atoms with E-state index in [0.29, 0.717) is 70.7 Å². The lowest BCUT2D eigenvalue weighted by Gasteiger charge is -2.16. The summed E-state index contributed by atoms with van der Waals surface area (Å²) in [7, 11) is 1.59. The molecule has 0 saturated heterocycles. The fraction of sp³-hybridized carbons (Fsp3) is 0.121. The van der Waals surface area contributed by atoms with Crippen LogP contribution in [0.5, 0.6) is 17.2 Å². The Labute approximate surface area is 284 Å². The van der Waals surface area contributed by atoms with Crippen molar-refractivity contribution in [3.63, 3.8) is 0 Å². The number of aromatic nitrogens is 2. The maximum absolute atomic E-state index is 13.8. The fourth-order valence-electron chi connectivity index (χ4n) is 4.71. The Morgan fingerprint density at radius 1 is 0.933 bits per heavy atom. The summed E-state index contributed by atoms with van der Waals surface area (Å²) in [6.45, 7) is 2.49. The van der Waals surface area contributed by atoms with Crippen LogP contribution in [0.4, 0.5) is 0 Å². The number of benzene rings is 4. The third-order valence-corrected chi connectivity index (χ3v) is 9.73. The summed E-state index contributed by atoms with van der Waals surface area (Å²) in [5.74, 6) is 2.18. The molecule has 0 saturated carbocycles. The van der Waals surface area contributed by atoms with Gasteiger partial charge in [-0.15, -0.1) is 0 Å². The van der Waals surface area contributed by atoms with Crippen molar-refractivity contribution in [2.45, 2.75) is 13.5 Å². The summed E-state index contributed by atoms with van der Waals surface area (Å²) in [5.41, 5.74) is 2.19. The number of halogens is 4. The molecule has 0 aliphatic carbocycles. The van der Waals surface area contributed by atoms with Gasteiger partial charge >= 0.3 is 0 Å². The van der Waals surface area contributed by atoms with E-state index in [1.165, 1.54) is 4.68 Å². The number of fused-ring (bicyclic) bond motifs is 2. The Morgan fingerprint density at radius 2 is 1.76 bits per heavy atom. The monoisotopic (exact) mass is 769 g/mol. The fourth-order valence-corrected chi connectivity index (χ4v) is 5.97. The zero-order valence-corrected chi connectivity index (χ0v) is 28.5. The molecule has 45 heavy (non-hydrogen) atoms. The number of ether oxygens (including phenoxy) is 3. The van der Waals surface area contributed by atoms with Gasteiger partial charge in [-0.05, 0) is 92.9 Å². The lowest BCUT2D eigenvalue weighted by atomic mass is 10.2. The molecule has 6 rings (SSSR count). The molecule has 0 bridgehead atoms. The Kier molecular flexibility index (Phi) is 9.18. The number of para-hydroxylation sites is 1. The first-order valence-electron chi connectivity index (χ1n) is 13.6. The number of rotatable bonds is 9. The number of hydrogen-bond donors (Lipinski definition) is 0. The molecule has 0 aliphatic heterocycles. The maximum Gasteiger partial charge on any atom is 0.282 e. The molecule has 4 aromatic carbocycles. The van der Waals surface area contributed by atoms with E-state index in [1.807, 2.05) is 37.3 Å². The Bertz CT molecular complexity index is 2160. The van der Waals surface area contributed by atoms with Gasteiger partial charge in [0, 0.05) is 10.0 Å². The number of furan rings is 1. The van der Waals surface area contributed by atoms with Crippen molar-refractivity contribution in [2.75, 3.05) is 13.7 Å². The topological polar surface area (TPSA) is 88.1 Å². The van der Waals surface area contributed by atoms with Crippen LogP contribution in [-0.2, 0) is 6.61 Å². The summed E-state index contributed by atoms with van der Waals surface area (Å²) in [6, 6.07) is 21.4. The number of nitrogens with zero attached hydrogens (tertiary/aromatic N) is 3. The first kappa shape index (κ1) is 31.2. The molecule has 0 aliphatic rings. The van der Waals surface area contributed by atoms with E-state index in [2.05, 4.69) is 37.0 Å². The van der Waals surface area contributed by atoms with Crippen molar-refractivity contribution >= 4 is 83.1 Å². The smallest absolute Gasteiger partial charge is 0.282 e. The minimum Gasteiger partial charge on any atom is -0.496 e. The highest BCUT2D eigenvalue weighted by Gasteiger charge is 2.20. The molecule has 2 heterocycles. The second kappa shape index (κ2) is 13.3. The maximum atomic E-state index is 13.8. The highest BCUT2D eigenvalue weighted by molar-refractivity contribution is 9.13. The normalized spacial score (nSPS) is 11.5. The van der Waals surface area contributed by atoms with Crippen LogP contribution in [0.2, 0.25) is 10.0 Å². The average Bonchev–Trinajstić information content (AvgIpc) is 3.49. The molecule has 0 amide bonds. The van der Waals surface area contributed by atoms with E-state index in [9.17, 15) is 4.79 Å². The van der Waals surface area contributed by atoms with Gasteiger partial charge in [0.25, 0.3) is 5.56 Å². The van der Waals surface area contributed by atoms with Crippen LogP contribution >= 0.6 is 55.1 Å². The third-order valence-electron chi connectivity index (χ3n) is 6.85. The van der Waals surface area contributed by atoms with E-state index in [0.717, 1.165) is 10.9 Å². The minimum absolute atomic E-state index is 0.221. The SMILES string of the molecule is CCOc1cc(C=Nn2c(-c3cc4c(OC)cccc4o3)nc3ccccc3c2=O)c(Br)c(Br)c1OCc1ccc(Cl)c(Cl)c1. The van der Waals surface area contributed by atoms with E-state index in [-0.39, 0.29) is 18.0 Å². The molecule has 0 fully saturated rings. The molecule has 6 aromatic rings. The van der Waals surface area contributed by atoms with Crippen LogP contribution in [0.25, 0.3) is 33.5 Å². The summed E-state index contributed by atoms with van der Waals surface area (Å²) in [4.78, 5) is 18.5. The van der Waals surface area contributed by atoms with E-state index in [1.54, 1.807) is 55.8 Å². The molecule has 0 atom stereocenters. The Balaban J connectivity index is 1.43. The molecule has 0 unspecified atom stereocenters. The largest absolute Gasteiger partial charge is 0.496 e. The van der Waals surface area contributed by atoms with Crippen molar-refractivity contribution in [1.29, 1.82) is 0 Å². The zero-order valence-electron chi connectivity index (χ0n) is 23.8. The van der Waals surface area contributed by atoms with Gasteiger partial charge in [-0.25, -0.2) is 4.98 Å². The van der Waals surface area contributed by atoms with Gasteiger partial charge in [0.1, 0.15) is 17.9 Å². The van der Waals surface area contributed by atoms with Gasteiger partial charge < -0.3 is 18.6 Å². The lowest BCUT2D eigenvalue weighted by Crippen LogP contribution is -2.20. The quantitative estimate of drug-likeness (QED) is 0.136. The summed E-state index contributed by atoms with van der Waals surface area (Å²) in [5, 5.41) is 6.67. The van der Waals surface area contributed by atoms with Crippen molar-refractivity contribution in [1.82, 2.24) is 9.66 Å². The van der Waals surface area contributed by atoms with E-state index < -0.39 is 0 Å². The zero-order chi connectivity index (χ0) is 31.7. The van der Waals surface area contributed by atoms with E-state index in [4.69, 9.17) is 46.8 Å². The van der Waals surface area contributed by atoms with Gasteiger partial charge in [0.05, 0.1) is 50.7 Å². The van der Waals surface area contributed by atoms with Crippen molar-refractivity contribution < 1.29 is 18.6 Å². The Morgan fingerprint density at radius 3 is 2.53 bits per heavy atom. The third kappa shape index (κ3) is 6.20. The predicted octanol–water partition coefficient (Wildman–Crippen LogP) is 9.51. The minimum atomic E-state index is -0.360. The summed E-state index contributed by atoms with van der Waals surface area (Å²) < 4.78 is 26.2. The second-order valence-electron chi connectivity index (χ2n) is 9.69. The summed E-state index contributed by atoms with van der Waals surface area (Å²) >= 11 is 19.5. The molecule has 228 valence electrons. The van der Waals surface area contributed by atoms with Gasteiger partial charge in [-0.3, -0.25) is 4.79 Å². The van der Waals surface area contributed by atoms with Gasteiger partial charge in [-0.2, -0.15) is 9.78 Å². The predicted molar refractivity (Wildman–Crippen MR) is 185 cm³/mol. The molecular formula is C33H23Br2Cl2N3O5. The summed E-state index contributed by atoms with van der Waals surface area (Å²) in [6.07, 6.45) is 1.55. The van der Waals surface area contributed by atoms with Crippen molar-refractivity contribution in [3.8, 4) is 28.8 Å². The van der Waals surface area contributed by atoms with Crippen LogP contribution in [0.1, 0.15) is 18.1 Å². The first-order valence-corrected chi connectivity index (χ1v) is 16.0. The van der Waals surface area contributed by atoms with Crippen LogP contribution < -0.4 is 19.8 Å². The molecule has 2 aromatic heterocycles. The molecule has 0 spiro atoms. The standard InChI is InChI=1S/C33H23Br2Cl2N3O5/c1-3-43-27-14-19(29(34)30(35)31(27)44-17-18-11-12-22(36)23(37)13-18)16-38-40-32(39-24-8-5-4-7-20(24)33(40)41)28-15-21-25(42-2)9-6-10-26(21)45-28/h4-16H,3,17H2,1-2H3. The molecule has 12 heteroatoms. The molecule has 8 nitrogen and oxygen atoms in total. The van der Waals surface area contributed by atoms with Crippen LogP contribution in [0, 0.1) is 0 Å². The highest BCUT2D eigenvalue weighted by Crippen LogP contribution is 2.43. The van der Waals surface area contributed by atoms with Crippen molar-refractivity contribution in [2.24, 2.45) is 5.10 Å². The molecule has 0 radical (unpaired) electrons. The molecule has 0 N–H and O–H groups in total. The second-order valence-corrected chi connectivity index (χ2v) is 12.1. The highest BCUT2D eigenvalue weighted by atomic mass is 79.9. The van der Waals surface area contributed by atoms with Gasteiger partial charge in [-0.1, -0.05) is 47.5 Å². The first-order chi connectivity index (χ1) is 21.8.